The lowest BCUT2D eigenvalue weighted by Gasteiger charge is -2.22. The van der Waals surface area contributed by atoms with Crippen LogP contribution in [0.5, 0.6) is 5.75 Å². The van der Waals surface area contributed by atoms with Crippen LogP contribution in [0.25, 0.3) is 0 Å². The molecule has 0 aromatic heterocycles. The number of carbonyl (C=O) groups is 1. The monoisotopic (exact) mass is 360 g/mol. The Labute approximate surface area is 148 Å². The van der Waals surface area contributed by atoms with Crippen molar-refractivity contribution in [3.63, 3.8) is 0 Å². The SMILES string of the molecule is COc1cc(CN(C)C(=O)[C@@H]2CC[C@H](CN)O2)ccc1SC.Cl. The van der Waals surface area contributed by atoms with Gasteiger partial charge in [-0.05, 0) is 36.8 Å². The first-order valence-electron chi connectivity index (χ1n) is 7.40. The number of rotatable bonds is 6. The van der Waals surface area contributed by atoms with E-state index >= 15 is 0 Å². The summed E-state index contributed by atoms with van der Waals surface area (Å²) < 4.78 is 11.1. The number of amides is 1. The standard InChI is InChI=1S/C16H24N2O3S.ClH/c1-18(16(19)13-6-5-12(9-17)21-13)10-11-4-7-15(22-3)14(8-11)20-2;/h4,7-8,12-13H,5-6,9-10,17H2,1-3H3;1H/t12-,13+;/m1./s1. The number of thioether (sulfide) groups is 1. The molecule has 2 rings (SSSR count). The molecule has 0 saturated carbocycles. The van der Waals surface area contributed by atoms with Gasteiger partial charge in [0, 0.05) is 25.0 Å². The molecule has 23 heavy (non-hydrogen) atoms. The minimum Gasteiger partial charge on any atom is -0.496 e. The molecule has 1 fully saturated rings. The van der Waals surface area contributed by atoms with Crippen LogP contribution >= 0.6 is 24.2 Å². The van der Waals surface area contributed by atoms with Gasteiger partial charge < -0.3 is 20.1 Å². The van der Waals surface area contributed by atoms with E-state index in [0.717, 1.165) is 29.1 Å². The van der Waals surface area contributed by atoms with E-state index in [4.69, 9.17) is 15.2 Å². The molecule has 1 heterocycles. The summed E-state index contributed by atoms with van der Waals surface area (Å²) in [6.07, 6.45) is 3.28. The summed E-state index contributed by atoms with van der Waals surface area (Å²) in [6.45, 7) is 1.01. The van der Waals surface area contributed by atoms with Crippen molar-refractivity contribution in [3.05, 3.63) is 23.8 Å². The highest BCUT2D eigenvalue weighted by atomic mass is 35.5. The first-order valence-corrected chi connectivity index (χ1v) is 8.63. The van der Waals surface area contributed by atoms with E-state index in [1.807, 2.05) is 24.5 Å². The van der Waals surface area contributed by atoms with Crippen LogP contribution in [-0.4, -0.2) is 50.0 Å². The van der Waals surface area contributed by atoms with Crippen molar-refractivity contribution in [3.8, 4) is 5.75 Å². The highest BCUT2D eigenvalue weighted by Gasteiger charge is 2.31. The van der Waals surface area contributed by atoms with Gasteiger partial charge in [-0.2, -0.15) is 0 Å². The van der Waals surface area contributed by atoms with Crippen LogP contribution in [0.2, 0.25) is 0 Å². The molecule has 0 aliphatic carbocycles. The molecule has 1 aromatic rings. The molecule has 2 atom stereocenters. The van der Waals surface area contributed by atoms with Crippen LogP contribution < -0.4 is 10.5 Å². The van der Waals surface area contributed by atoms with E-state index < -0.39 is 0 Å². The molecule has 1 aromatic carbocycles. The minimum absolute atomic E-state index is 0. The molecule has 0 unspecified atom stereocenters. The van der Waals surface area contributed by atoms with Gasteiger partial charge in [0.15, 0.2) is 0 Å². The number of nitrogens with zero attached hydrogens (tertiary/aromatic N) is 1. The number of halogens is 1. The average molecular weight is 361 g/mol. The highest BCUT2D eigenvalue weighted by Crippen LogP contribution is 2.29. The maximum absolute atomic E-state index is 12.4. The van der Waals surface area contributed by atoms with Gasteiger partial charge in [-0.3, -0.25) is 4.79 Å². The highest BCUT2D eigenvalue weighted by molar-refractivity contribution is 7.98. The maximum atomic E-state index is 12.4. The molecule has 1 aliphatic heterocycles. The fraction of sp³-hybridized carbons (Fsp3) is 0.562. The number of benzene rings is 1. The smallest absolute Gasteiger partial charge is 0.251 e. The molecule has 1 aliphatic rings. The molecule has 1 saturated heterocycles. The molecule has 0 radical (unpaired) electrons. The number of carbonyl (C=O) groups excluding carboxylic acids is 1. The van der Waals surface area contributed by atoms with Crippen molar-refractivity contribution in [1.29, 1.82) is 0 Å². The van der Waals surface area contributed by atoms with Crippen LogP contribution in [0.15, 0.2) is 23.1 Å². The third-order valence-corrected chi connectivity index (χ3v) is 4.67. The first-order chi connectivity index (χ1) is 10.6. The van der Waals surface area contributed by atoms with Gasteiger partial charge in [-0.25, -0.2) is 0 Å². The topological polar surface area (TPSA) is 64.8 Å². The van der Waals surface area contributed by atoms with E-state index in [0.29, 0.717) is 13.1 Å². The number of hydrogen-bond acceptors (Lipinski definition) is 5. The van der Waals surface area contributed by atoms with Crippen LogP contribution in [0.3, 0.4) is 0 Å². The normalized spacial score (nSPS) is 20.0. The van der Waals surface area contributed by atoms with Gasteiger partial charge in [0.2, 0.25) is 0 Å². The fourth-order valence-corrected chi connectivity index (χ4v) is 3.18. The van der Waals surface area contributed by atoms with Gasteiger partial charge in [0.25, 0.3) is 5.91 Å². The van der Waals surface area contributed by atoms with E-state index in [1.165, 1.54) is 0 Å². The van der Waals surface area contributed by atoms with Gasteiger partial charge in [0.1, 0.15) is 11.9 Å². The molecule has 0 spiro atoms. The van der Waals surface area contributed by atoms with Crippen LogP contribution in [0.4, 0.5) is 0 Å². The summed E-state index contributed by atoms with van der Waals surface area (Å²) in [4.78, 5) is 15.2. The summed E-state index contributed by atoms with van der Waals surface area (Å²) >= 11 is 1.64. The fourth-order valence-electron chi connectivity index (χ4n) is 2.64. The van der Waals surface area contributed by atoms with Crippen molar-refractivity contribution < 1.29 is 14.3 Å². The molecular formula is C16H25ClN2O3S. The third kappa shape index (κ3) is 5.01. The van der Waals surface area contributed by atoms with E-state index in [1.54, 1.807) is 30.8 Å². The Morgan fingerprint density at radius 1 is 1.48 bits per heavy atom. The summed E-state index contributed by atoms with van der Waals surface area (Å²) in [7, 11) is 3.46. The Balaban J connectivity index is 0.00000264. The minimum atomic E-state index is -0.356. The van der Waals surface area contributed by atoms with Gasteiger partial charge in [-0.15, -0.1) is 24.2 Å². The third-order valence-electron chi connectivity index (χ3n) is 3.89. The van der Waals surface area contributed by atoms with E-state index in [9.17, 15) is 4.79 Å². The summed E-state index contributed by atoms with van der Waals surface area (Å²) in [5.41, 5.74) is 6.63. The van der Waals surface area contributed by atoms with Gasteiger partial charge in [-0.1, -0.05) is 6.07 Å². The molecule has 1 amide bonds. The molecule has 2 N–H and O–H groups in total. The Bertz CT molecular complexity index is 530. The van der Waals surface area contributed by atoms with Crippen molar-refractivity contribution in [2.75, 3.05) is 27.0 Å². The summed E-state index contributed by atoms with van der Waals surface area (Å²) in [6, 6.07) is 6.03. The van der Waals surface area contributed by atoms with Gasteiger partial charge >= 0.3 is 0 Å². The lowest BCUT2D eigenvalue weighted by atomic mass is 10.1. The van der Waals surface area contributed by atoms with Crippen molar-refractivity contribution >= 4 is 30.1 Å². The van der Waals surface area contributed by atoms with Crippen molar-refractivity contribution in [1.82, 2.24) is 4.90 Å². The predicted molar refractivity (Wildman–Crippen MR) is 95.4 cm³/mol. The zero-order valence-electron chi connectivity index (χ0n) is 13.8. The van der Waals surface area contributed by atoms with Crippen molar-refractivity contribution in [2.45, 2.75) is 36.5 Å². The number of likely N-dealkylation sites (N-methyl/N-ethyl adjacent to an activating group) is 1. The second kappa shape index (κ2) is 9.37. The second-order valence-corrected chi connectivity index (χ2v) is 6.29. The Kier molecular flexibility index (Phi) is 8.19. The first kappa shape index (κ1) is 20.1. The number of nitrogens with two attached hydrogens (primary N) is 1. The molecular weight excluding hydrogens is 336 g/mol. The Morgan fingerprint density at radius 3 is 2.78 bits per heavy atom. The van der Waals surface area contributed by atoms with Crippen LogP contribution in [0.1, 0.15) is 18.4 Å². The zero-order chi connectivity index (χ0) is 16.1. The molecule has 7 heteroatoms. The second-order valence-electron chi connectivity index (χ2n) is 5.44. The average Bonchev–Trinajstić information content (AvgIpc) is 3.02. The number of hydrogen-bond donors (Lipinski definition) is 1. The molecule has 0 bridgehead atoms. The summed E-state index contributed by atoms with van der Waals surface area (Å²) in [5.74, 6) is 0.857. The summed E-state index contributed by atoms with van der Waals surface area (Å²) in [5, 5.41) is 0. The van der Waals surface area contributed by atoms with E-state index in [-0.39, 0.29) is 30.5 Å². The number of ether oxygens (including phenoxy) is 2. The lowest BCUT2D eigenvalue weighted by molar-refractivity contribution is -0.141. The molecule has 130 valence electrons. The molecule has 5 nitrogen and oxygen atoms in total. The lowest BCUT2D eigenvalue weighted by Crippen LogP contribution is -2.36. The predicted octanol–water partition coefficient (Wildman–Crippen LogP) is 2.30. The maximum Gasteiger partial charge on any atom is 0.251 e. The van der Waals surface area contributed by atoms with Crippen molar-refractivity contribution in [2.24, 2.45) is 5.73 Å². The van der Waals surface area contributed by atoms with Gasteiger partial charge in [0.05, 0.1) is 13.2 Å². The quantitative estimate of drug-likeness (QED) is 0.788. The van der Waals surface area contributed by atoms with Crippen LogP contribution in [0, 0.1) is 0 Å². The zero-order valence-corrected chi connectivity index (χ0v) is 15.4. The van der Waals surface area contributed by atoms with Crippen LogP contribution in [-0.2, 0) is 16.1 Å². The Hall–Kier alpha value is -0.950. The number of methoxy groups -OCH3 is 1. The van der Waals surface area contributed by atoms with E-state index in [2.05, 4.69) is 0 Å². The largest absolute Gasteiger partial charge is 0.496 e. The Morgan fingerprint density at radius 2 is 2.22 bits per heavy atom.